The molecule has 0 saturated heterocycles. The highest BCUT2D eigenvalue weighted by Gasteiger charge is 2.11. The number of hydrogen-bond acceptors (Lipinski definition) is 5. The SMILES string of the molecule is Cc1cc(Oc2ncnc(NCc3ccc(Cl)cc3)c2N)ccc1Cl. The van der Waals surface area contributed by atoms with Crippen LogP contribution < -0.4 is 15.8 Å². The van der Waals surface area contributed by atoms with Crippen molar-refractivity contribution in [2.75, 3.05) is 11.1 Å². The average molecular weight is 375 g/mol. The normalized spacial score (nSPS) is 10.5. The molecule has 0 fully saturated rings. The van der Waals surface area contributed by atoms with Gasteiger partial charge in [-0.15, -0.1) is 0 Å². The lowest BCUT2D eigenvalue weighted by Crippen LogP contribution is -2.06. The molecule has 2 aromatic carbocycles. The van der Waals surface area contributed by atoms with Crippen LogP contribution in [0.5, 0.6) is 11.6 Å². The molecule has 0 aliphatic rings. The average Bonchev–Trinajstić information content (AvgIpc) is 2.60. The van der Waals surface area contributed by atoms with Crippen molar-refractivity contribution < 1.29 is 4.74 Å². The number of benzene rings is 2. The van der Waals surface area contributed by atoms with Gasteiger partial charge in [0, 0.05) is 16.6 Å². The second kappa shape index (κ2) is 7.59. The molecule has 3 aromatic rings. The van der Waals surface area contributed by atoms with Crippen molar-refractivity contribution in [2.45, 2.75) is 13.5 Å². The molecule has 25 heavy (non-hydrogen) atoms. The lowest BCUT2D eigenvalue weighted by atomic mass is 10.2. The molecule has 0 radical (unpaired) electrons. The highest BCUT2D eigenvalue weighted by atomic mass is 35.5. The minimum absolute atomic E-state index is 0.287. The summed E-state index contributed by atoms with van der Waals surface area (Å²) >= 11 is 11.9. The van der Waals surface area contributed by atoms with Crippen LogP contribution in [-0.4, -0.2) is 9.97 Å². The van der Waals surface area contributed by atoms with E-state index < -0.39 is 0 Å². The number of halogens is 2. The van der Waals surface area contributed by atoms with Crippen LogP contribution in [0.4, 0.5) is 11.5 Å². The van der Waals surface area contributed by atoms with Gasteiger partial charge in [0.05, 0.1) is 0 Å². The van der Waals surface area contributed by atoms with E-state index in [4.69, 9.17) is 33.7 Å². The number of ether oxygens (including phenoxy) is 1. The molecular formula is C18H16Cl2N4O. The Balaban J connectivity index is 1.75. The zero-order valence-corrected chi connectivity index (χ0v) is 15.0. The predicted octanol–water partition coefficient (Wildman–Crippen LogP) is 5.08. The number of nitrogens with one attached hydrogen (secondary N) is 1. The quantitative estimate of drug-likeness (QED) is 0.651. The molecule has 128 valence electrons. The van der Waals surface area contributed by atoms with Gasteiger partial charge in [-0.1, -0.05) is 35.3 Å². The van der Waals surface area contributed by atoms with Gasteiger partial charge < -0.3 is 15.8 Å². The molecule has 0 atom stereocenters. The van der Waals surface area contributed by atoms with Crippen molar-refractivity contribution in [1.82, 2.24) is 9.97 Å². The van der Waals surface area contributed by atoms with Crippen molar-refractivity contribution >= 4 is 34.7 Å². The molecule has 0 bridgehead atoms. The predicted molar refractivity (Wildman–Crippen MR) is 101 cm³/mol. The number of nitrogen functional groups attached to an aromatic ring is 1. The molecule has 3 N–H and O–H groups in total. The summed E-state index contributed by atoms with van der Waals surface area (Å²) in [6, 6.07) is 12.9. The Hall–Kier alpha value is -2.50. The van der Waals surface area contributed by atoms with Gasteiger partial charge in [0.15, 0.2) is 5.82 Å². The maximum absolute atomic E-state index is 6.13. The third-order valence-corrected chi connectivity index (χ3v) is 4.24. The zero-order chi connectivity index (χ0) is 17.8. The summed E-state index contributed by atoms with van der Waals surface area (Å²) in [5, 5.41) is 4.54. The summed E-state index contributed by atoms with van der Waals surface area (Å²) in [5.74, 6) is 1.40. The highest BCUT2D eigenvalue weighted by Crippen LogP contribution is 2.31. The number of nitrogens with zero attached hydrogens (tertiary/aromatic N) is 2. The molecule has 5 nitrogen and oxygen atoms in total. The Morgan fingerprint density at radius 1 is 1.08 bits per heavy atom. The fourth-order valence-electron chi connectivity index (χ4n) is 2.18. The van der Waals surface area contributed by atoms with E-state index in [-0.39, 0.29) is 5.88 Å². The van der Waals surface area contributed by atoms with E-state index in [9.17, 15) is 0 Å². The molecule has 0 aliphatic heterocycles. The zero-order valence-electron chi connectivity index (χ0n) is 13.5. The fraction of sp³-hybridized carbons (Fsp3) is 0.111. The van der Waals surface area contributed by atoms with E-state index in [2.05, 4.69) is 15.3 Å². The lowest BCUT2D eigenvalue weighted by Gasteiger charge is -2.12. The van der Waals surface area contributed by atoms with E-state index in [1.807, 2.05) is 37.3 Å². The molecule has 0 saturated carbocycles. The molecule has 1 aromatic heterocycles. The second-order valence-corrected chi connectivity index (χ2v) is 6.28. The minimum Gasteiger partial charge on any atom is -0.437 e. The Kier molecular flexibility index (Phi) is 5.26. The van der Waals surface area contributed by atoms with Crippen molar-refractivity contribution in [2.24, 2.45) is 0 Å². The van der Waals surface area contributed by atoms with Crippen LogP contribution in [0, 0.1) is 6.92 Å². The van der Waals surface area contributed by atoms with Gasteiger partial charge in [0.25, 0.3) is 0 Å². The molecule has 0 unspecified atom stereocenters. The number of aryl methyl sites for hydroxylation is 1. The van der Waals surface area contributed by atoms with Gasteiger partial charge in [0.1, 0.15) is 17.8 Å². The number of rotatable bonds is 5. The van der Waals surface area contributed by atoms with E-state index in [0.717, 1.165) is 11.1 Å². The number of hydrogen-bond donors (Lipinski definition) is 2. The van der Waals surface area contributed by atoms with Crippen molar-refractivity contribution in [1.29, 1.82) is 0 Å². The Labute approximate surface area is 155 Å². The smallest absolute Gasteiger partial charge is 0.248 e. The Morgan fingerprint density at radius 2 is 1.84 bits per heavy atom. The summed E-state index contributed by atoms with van der Waals surface area (Å²) in [4.78, 5) is 8.27. The first-order chi connectivity index (χ1) is 12.0. The van der Waals surface area contributed by atoms with Crippen molar-refractivity contribution in [3.63, 3.8) is 0 Å². The Bertz CT molecular complexity index is 885. The van der Waals surface area contributed by atoms with Crippen LogP contribution in [0.1, 0.15) is 11.1 Å². The fourth-order valence-corrected chi connectivity index (χ4v) is 2.43. The van der Waals surface area contributed by atoms with Gasteiger partial charge >= 0.3 is 0 Å². The first-order valence-corrected chi connectivity index (χ1v) is 8.31. The molecule has 1 heterocycles. The third kappa shape index (κ3) is 4.32. The largest absolute Gasteiger partial charge is 0.437 e. The lowest BCUT2D eigenvalue weighted by molar-refractivity contribution is 0.464. The standard InChI is InChI=1S/C18H16Cl2N4O/c1-11-8-14(6-7-15(11)20)25-18-16(21)17(23-10-24-18)22-9-12-2-4-13(19)5-3-12/h2-8,10H,9,21H2,1H3,(H,22,23,24). The first kappa shape index (κ1) is 17.3. The summed E-state index contributed by atoms with van der Waals surface area (Å²) in [5.41, 5.74) is 8.43. The van der Waals surface area contributed by atoms with E-state index in [1.165, 1.54) is 6.33 Å². The van der Waals surface area contributed by atoms with Crippen LogP contribution in [0.25, 0.3) is 0 Å². The van der Waals surface area contributed by atoms with Crippen LogP contribution in [0.3, 0.4) is 0 Å². The second-order valence-electron chi connectivity index (χ2n) is 5.43. The monoisotopic (exact) mass is 374 g/mol. The summed E-state index contributed by atoms with van der Waals surface area (Å²) in [6.07, 6.45) is 1.40. The summed E-state index contributed by atoms with van der Waals surface area (Å²) < 4.78 is 5.76. The molecule has 7 heteroatoms. The third-order valence-electron chi connectivity index (χ3n) is 3.56. The Morgan fingerprint density at radius 3 is 2.56 bits per heavy atom. The van der Waals surface area contributed by atoms with E-state index >= 15 is 0 Å². The van der Waals surface area contributed by atoms with Gasteiger partial charge in [-0.2, -0.15) is 4.98 Å². The van der Waals surface area contributed by atoms with Crippen molar-refractivity contribution in [3.8, 4) is 11.6 Å². The van der Waals surface area contributed by atoms with Gasteiger partial charge in [0.2, 0.25) is 5.88 Å². The topological polar surface area (TPSA) is 73.1 Å². The molecular weight excluding hydrogens is 359 g/mol. The van der Waals surface area contributed by atoms with Crippen LogP contribution in [0.2, 0.25) is 10.0 Å². The number of anilines is 2. The number of nitrogens with two attached hydrogens (primary N) is 1. The summed E-state index contributed by atoms with van der Waals surface area (Å²) in [6.45, 7) is 2.45. The highest BCUT2D eigenvalue weighted by molar-refractivity contribution is 6.31. The molecule has 3 rings (SSSR count). The van der Waals surface area contributed by atoms with Crippen molar-refractivity contribution in [3.05, 3.63) is 70.0 Å². The number of aromatic nitrogens is 2. The van der Waals surface area contributed by atoms with Gasteiger partial charge in [-0.25, -0.2) is 4.98 Å². The first-order valence-electron chi connectivity index (χ1n) is 7.56. The van der Waals surface area contributed by atoms with Gasteiger partial charge in [-0.3, -0.25) is 0 Å². The minimum atomic E-state index is 0.287. The van der Waals surface area contributed by atoms with Crippen LogP contribution >= 0.6 is 23.2 Å². The van der Waals surface area contributed by atoms with Crippen LogP contribution in [0.15, 0.2) is 48.8 Å². The maximum atomic E-state index is 6.13. The van der Waals surface area contributed by atoms with Gasteiger partial charge in [-0.05, 0) is 48.4 Å². The van der Waals surface area contributed by atoms with Crippen LogP contribution in [-0.2, 0) is 6.54 Å². The maximum Gasteiger partial charge on any atom is 0.248 e. The van der Waals surface area contributed by atoms with E-state index in [0.29, 0.717) is 33.8 Å². The molecule has 0 aliphatic carbocycles. The summed E-state index contributed by atoms with van der Waals surface area (Å²) in [7, 11) is 0. The van der Waals surface area contributed by atoms with E-state index in [1.54, 1.807) is 12.1 Å². The molecule has 0 spiro atoms. The molecule has 0 amide bonds.